The zero-order valence-electron chi connectivity index (χ0n) is 11.8. The second-order valence-corrected chi connectivity index (χ2v) is 4.67. The SMILES string of the molecule is COc1cc(C=O)c(-c2ccc(N(C)C)cc2)cc1O. The van der Waals surface area contributed by atoms with Gasteiger partial charge in [0.2, 0.25) is 0 Å². The molecule has 0 aliphatic heterocycles. The number of carbonyl (C=O) groups is 1. The lowest BCUT2D eigenvalue weighted by Gasteiger charge is -2.14. The maximum atomic E-state index is 11.2. The van der Waals surface area contributed by atoms with Gasteiger partial charge in [-0.25, -0.2) is 0 Å². The standard InChI is InChI=1S/C16H17NO3/c1-17(2)13-6-4-11(5-7-13)14-9-15(19)16(20-3)8-12(14)10-18/h4-10,19H,1-3H3. The van der Waals surface area contributed by atoms with Gasteiger partial charge in [0, 0.05) is 25.3 Å². The van der Waals surface area contributed by atoms with Crippen molar-refractivity contribution in [2.45, 2.75) is 0 Å². The first kappa shape index (κ1) is 13.9. The van der Waals surface area contributed by atoms with Crippen molar-refractivity contribution in [3.05, 3.63) is 42.0 Å². The van der Waals surface area contributed by atoms with Crippen LogP contribution in [0.15, 0.2) is 36.4 Å². The molecule has 0 heterocycles. The number of phenols is 1. The summed E-state index contributed by atoms with van der Waals surface area (Å²) in [7, 11) is 5.38. The number of rotatable bonds is 4. The van der Waals surface area contributed by atoms with Crippen LogP contribution in [0, 0.1) is 0 Å². The van der Waals surface area contributed by atoms with E-state index in [1.165, 1.54) is 13.2 Å². The van der Waals surface area contributed by atoms with Gasteiger partial charge >= 0.3 is 0 Å². The highest BCUT2D eigenvalue weighted by atomic mass is 16.5. The monoisotopic (exact) mass is 271 g/mol. The molecule has 2 rings (SSSR count). The van der Waals surface area contributed by atoms with Gasteiger partial charge in [0.25, 0.3) is 0 Å². The second kappa shape index (κ2) is 5.65. The minimum Gasteiger partial charge on any atom is -0.504 e. The lowest BCUT2D eigenvalue weighted by atomic mass is 9.99. The molecule has 0 saturated heterocycles. The summed E-state index contributed by atoms with van der Waals surface area (Å²) in [5.74, 6) is 0.311. The molecule has 2 aromatic carbocycles. The molecule has 4 nitrogen and oxygen atoms in total. The number of aldehydes is 1. The number of methoxy groups -OCH3 is 1. The molecule has 0 amide bonds. The minimum absolute atomic E-state index is 0.0183. The summed E-state index contributed by atoms with van der Waals surface area (Å²) >= 11 is 0. The van der Waals surface area contributed by atoms with Crippen LogP contribution in [0.1, 0.15) is 10.4 Å². The zero-order valence-corrected chi connectivity index (χ0v) is 11.8. The number of ether oxygens (including phenoxy) is 1. The van der Waals surface area contributed by atoms with E-state index < -0.39 is 0 Å². The van der Waals surface area contributed by atoms with Gasteiger partial charge in [-0.15, -0.1) is 0 Å². The van der Waals surface area contributed by atoms with Gasteiger partial charge in [0.05, 0.1) is 7.11 Å². The molecule has 0 spiro atoms. The molecule has 0 atom stereocenters. The van der Waals surface area contributed by atoms with Crippen molar-refractivity contribution in [2.75, 3.05) is 26.1 Å². The van der Waals surface area contributed by atoms with Crippen molar-refractivity contribution in [3.63, 3.8) is 0 Å². The van der Waals surface area contributed by atoms with Crippen LogP contribution < -0.4 is 9.64 Å². The van der Waals surface area contributed by atoms with Gasteiger partial charge in [-0.05, 0) is 35.4 Å². The van der Waals surface area contributed by atoms with Gasteiger partial charge in [0.1, 0.15) is 0 Å². The second-order valence-electron chi connectivity index (χ2n) is 4.67. The van der Waals surface area contributed by atoms with E-state index in [9.17, 15) is 9.90 Å². The number of aromatic hydroxyl groups is 1. The van der Waals surface area contributed by atoms with Crippen LogP contribution in [0.5, 0.6) is 11.5 Å². The van der Waals surface area contributed by atoms with Crippen molar-refractivity contribution >= 4 is 12.0 Å². The van der Waals surface area contributed by atoms with Crippen molar-refractivity contribution in [1.29, 1.82) is 0 Å². The number of anilines is 1. The largest absolute Gasteiger partial charge is 0.504 e. The van der Waals surface area contributed by atoms with Crippen LogP contribution in [0.3, 0.4) is 0 Å². The summed E-state index contributed by atoms with van der Waals surface area (Å²) in [6, 6.07) is 10.9. The molecule has 0 saturated carbocycles. The molecule has 0 bridgehead atoms. The highest BCUT2D eigenvalue weighted by Gasteiger charge is 2.11. The van der Waals surface area contributed by atoms with E-state index in [1.807, 2.05) is 43.3 Å². The van der Waals surface area contributed by atoms with Crippen LogP contribution in [0.4, 0.5) is 5.69 Å². The molecule has 0 aliphatic rings. The third-order valence-electron chi connectivity index (χ3n) is 3.17. The molecular weight excluding hydrogens is 254 g/mol. The molecule has 2 aromatic rings. The predicted molar refractivity (Wildman–Crippen MR) is 79.8 cm³/mol. The Bertz CT molecular complexity index is 618. The fourth-order valence-corrected chi connectivity index (χ4v) is 2.03. The first-order valence-electron chi connectivity index (χ1n) is 6.20. The number of hydrogen-bond acceptors (Lipinski definition) is 4. The zero-order chi connectivity index (χ0) is 14.7. The Hall–Kier alpha value is -2.49. The van der Waals surface area contributed by atoms with E-state index in [0.29, 0.717) is 16.9 Å². The molecule has 4 heteroatoms. The van der Waals surface area contributed by atoms with Crippen LogP contribution in [-0.2, 0) is 0 Å². The number of benzene rings is 2. The van der Waals surface area contributed by atoms with Crippen molar-refractivity contribution in [3.8, 4) is 22.6 Å². The smallest absolute Gasteiger partial charge is 0.161 e. The molecule has 0 radical (unpaired) electrons. The predicted octanol–water partition coefficient (Wildman–Crippen LogP) is 2.95. The molecule has 0 unspecified atom stereocenters. The Morgan fingerprint density at radius 2 is 1.80 bits per heavy atom. The van der Waals surface area contributed by atoms with E-state index in [0.717, 1.165) is 17.5 Å². The molecule has 0 aliphatic carbocycles. The van der Waals surface area contributed by atoms with Gasteiger partial charge in [0.15, 0.2) is 17.8 Å². The van der Waals surface area contributed by atoms with E-state index in [-0.39, 0.29) is 5.75 Å². The summed E-state index contributed by atoms with van der Waals surface area (Å²) in [5.41, 5.74) is 3.11. The van der Waals surface area contributed by atoms with E-state index >= 15 is 0 Å². The lowest BCUT2D eigenvalue weighted by Crippen LogP contribution is -2.07. The Balaban J connectivity index is 2.51. The summed E-state index contributed by atoms with van der Waals surface area (Å²) in [4.78, 5) is 13.2. The minimum atomic E-state index is 0.0183. The Labute approximate surface area is 118 Å². The maximum Gasteiger partial charge on any atom is 0.161 e. The van der Waals surface area contributed by atoms with Gasteiger partial charge in [-0.3, -0.25) is 4.79 Å². The van der Waals surface area contributed by atoms with Crippen LogP contribution in [-0.4, -0.2) is 32.6 Å². The van der Waals surface area contributed by atoms with E-state index in [4.69, 9.17) is 4.74 Å². The average Bonchev–Trinajstić information content (AvgIpc) is 2.47. The first-order valence-corrected chi connectivity index (χ1v) is 6.20. The highest BCUT2D eigenvalue weighted by Crippen LogP contribution is 2.34. The van der Waals surface area contributed by atoms with Crippen LogP contribution >= 0.6 is 0 Å². The van der Waals surface area contributed by atoms with Gasteiger partial charge in [-0.2, -0.15) is 0 Å². The summed E-state index contributed by atoms with van der Waals surface area (Å²) < 4.78 is 5.01. The molecule has 0 aromatic heterocycles. The molecule has 20 heavy (non-hydrogen) atoms. The number of carbonyl (C=O) groups excluding carboxylic acids is 1. The fourth-order valence-electron chi connectivity index (χ4n) is 2.03. The summed E-state index contributed by atoms with van der Waals surface area (Å²) in [6.07, 6.45) is 0.761. The van der Waals surface area contributed by atoms with Gasteiger partial charge < -0.3 is 14.7 Å². The van der Waals surface area contributed by atoms with Crippen molar-refractivity contribution in [2.24, 2.45) is 0 Å². The van der Waals surface area contributed by atoms with Crippen molar-refractivity contribution < 1.29 is 14.6 Å². The van der Waals surface area contributed by atoms with Crippen LogP contribution in [0.25, 0.3) is 11.1 Å². The van der Waals surface area contributed by atoms with E-state index in [1.54, 1.807) is 6.07 Å². The topological polar surface area (TPSA) is 49.8 Å². The van der Waals surface area contributed by atoms with Crippen molar-refractivity contribution in [1.82, 2.24) is 0 Å². The number of nitrogens with zero attached hydrogens (tertiary/aromatic N) is 1. The Morgan fingerprint density at radius 3 is 2.30 bits per heavy atom. The molecule has 1 N–H and O–H groups in total. The normalized spacial score (nSPS) is 10.2. The van der Waals surface area contributed by atoms with Crippen LogP contribution in [0.2, 0.25) is 0 Å². The quantitative estimate of drug-likeness (QED) is 0.869. The fraction of sp³-hybridized carbons (Fsp3) is 0.188. The third kappa shape index (κ3) is 2.59. The lowest BCUT2D eigenvalue weighted by molar-refractivity contribution is 0.112. The molecule has 104 valence electrons. The first-order chi connectivity index (χ1) is 9.56. The number of hydrogen-bond donors (Lipinski definition) is 1. The highest BCUT2D eigenvalue weighted by molar-refractivity contribution is 5.89. The number of phenolic OH excluding ortho intramolecular Hbond substituents is 1. The molecular formula is C16H17NO3. The molecule has 0 fully saturated rings. The van der Waals surface area contributed by atoms with Gasteiger partial charge in [-0.1, -0.05) is 12.1 Å². The maximum absolute atomic E-state index is 11.2. The van der Waals surface area contributed by atoms with E-state index in [2.05, 4.69) is 0 Å². The Kier molecular flexibility index (Phi) is 3.94. The summed E-state index contributed by atoms with van der Waals surface area (Å²) in [5, 5.41) is 9.87. The Morgan fingerprint density at radius 1 is 1.15 bits per heavy atom. The average molecular weight is 271 g/mol. The third-order valence-corrected chi connectivity index (χ3v) is 3.17. The summed E-state index contributed by atoms with van der Waals surface area (Å²) in [6.45, 7) is 0.